The summed E-state index contributed by atoms with van der Waals surface area (Å²) in [6.07, 6.45) is 1.24. The number of rotatable bonds is 5. The number of hydrogen-bond acceptors (Lipinski definition) is 4. The van der Waals surface area contributed by atoms with Gasteiger partial charge in [-0.25, -0.2) is 0 Å². The lowest BCUT2D eigenvalue weighted by atomic mass is 9.89. The minimum absolute atomic E-state index is 0.192. The summed E-state index contributed by atoms with van der Waals surface area (Å²) in [6, 6.07) is 0. The number of guanidine groups is 1. The number of ether oxygens (including phenoxy) is 1. The molecular formula is C21H39N5O2. The molecular weight excluding hydrogens is 354 g/mol. The minimum atomic E-state index is 0.192. The highest BCUT2D eigenvalue weighted by Gasteiger charge is 2.33. The molecule has 3 fully saturated rings. The Balaban J connectivity index is 1.47. The Morgan fingerprint density at radius 1 is 1.11 bits per heavy atom. The van der Waals surface area contributed by atoms with Gasteiger partial charge >= 0.3 is 0 Å². The summed E-state index contributed by atoms with van der Waals surface area (Å²) < 4.78 is 5.34. The molecule has 28 heavy (non-hydrogen) atoms. The second kappa shape index (κ2) is 9.44. The molecule has 0 aliphatic carbocycles. The van der Waals surface area contributed by atoms with Gasteiger partial charge in [0.15, 0.2) is 5.96 Å². The number of aliphatic imine (C=N–C) groups is 1. The van der Waals surface area contributed by atoms with E-state index in [9.17, 15) is 4.79 Å². The van der Waals surface area contributed by atoms with Crippen LogP contribution in [0.25, 0.3) is 0 Å². The lowest BCUT2D eigenvalue weighted by Gasteiger charge is -2.40. The van der Waals surface area contributed by atoms with Crippen LogP contribution >= 0.6 is 0 Å². The molecule has 7 nitrogen and oxygen atoms in total. The molecule has 160 valence electrons. The van der Waals surface area contributed by atoms with Crippen LogP contribution in [0.4, 0.5) is 0 Å². The number of carbonyl (C=O) groups excluding carboxylic acids is 1. The number of piperidine rings is 1. The lowest BCUT2D eigenvalue weighted by Crippen LogP contribution is -2.55. The van der Waals surface area contributed by atoms with Crippen molar-refractivity contribution in [2.45, 2.75) is 34.1 Å². The molecule has 2 unspecified atom stereocenters. The van der Waals surface area contributed by atoms with Gasteiger partial charge in [0.25, 0.3) is 0 Å². The average molecular weight is 394 g/mol. The highest BCUT2D eigenvalue weighted by molar-refractivity contribution is 5.80. The van der Waals surface area contributed by atoms with E-state index in [2.05, 4.69) is 47.7 Å². The number of carbonyl (C=O) groups is 1. The zero-order valence-electron chi connectivity index (χ0n) is 18.2. The first-order valence-corrected chi connectivity index (χ1v) is 11.0. The third-order valence-electron chi connectivity index (χ3n) is 6.10. The van der Waals surface area contributed by atoms with E-state index in [-0.39, 0.29) is 5.41 Å². The van der Waals surface area contributed by atoms with E-state index in [4.69, 9.17) is 9.73 Å². The Bertz CT molecular complexity index is 545. The maximum atomic E-state index is 12.8. The van der Waals surface area contributed by atoms with Gasteiger partial charge in [-0.1, -0.05) is 20.8 Å². The normalized spacial score (nSPS) is 28.8. The van der Waals surface area contributed by atoms with Crippen LogP contribution in [0.2, 0.25) is 0 Å². The van der Waals surface area contributed by atoms with E-state index in [1.165, 1.54) is 6.42 Å². The van der Waals surface area contributed by atoms with Crippen LogP contribution in [0, 0.1) is 17.3 Å². The van der Waals surface area contributed by atoms with Crippen molar-refractivity contribution in [1.82, 2.24) is 20.0 Å². The number of nitrogens with one attached hydrogen (secondary N) is 1. The topological polar surface area (TPSA) is 60.4 Å². The van der Waals surface area contributed by atoms with Crippen molar-refractivity contribution < 1.29 is 9.53 Å². The van der Waals surface area contributed by atoms with E-state index >= 15 is 0 Å². The Hall–Kier alpha value is -1.34. The zero-order valence-corrected chi connectivity index (χ0v) is 18.2. The Morgan fingerprint density at radius 3 is 2.29 bits per heavy atom. The van der Waals surface area contributed by atoms with Gasteiger partial charge in [0.05, 0.1) is 26.3 Å². The van der Waals surface area contributed by atoms with Crippen LogP contribution in [-0.4, -0.2) is 98.7 Å². The van der Waals surface area contributed by atoms with Crippen LogP contribution in [0.5, 0.6) is 0 Å². The van der Waals surface area contributed by atoms with Crippen LogP contribution in [0.3, 0.4) is 0 Å². The summed E-state index contributed by atoms with van der Waals surface area (Å²) in [6.45, 7) is 18.2. The average Bonchev–Trinajstić information content (AvgIpc) is 2.63. The van der Waals surface area contributed by atoms with Gasteiger partial charge in [-0.15, -0.1) is 0 Å². The Kier molecular flexibility index (Phi) is 7.20. The Morgan fingerprint density at radius 2 is 1.75 bits per heavy atom. The molecule has 0 aromatic heterocycles. The summed E-state index contributed by atoms with van der Waals surface area (Å²) in [5.41, 5.74) is 0.192. The standard InChI is InChI=1S/C21H39N5O2/c1-5-22-20(23-14-21(4)15-28-16-21)25-8-6-24(7-9-25)13-19(27)26-11-17(2)10-18(3)12-26/h17-18H,5-16H2,1-4H3,(H,22,23). The molecule has 2 atom stereocenters. The molecule has 1 amide bonds. The van der Waals surface area contributed by atoms with Crippen LogP contribution in [-0.2, 0) is 9.53 Å². The monoisotopic (exact) mass is 393 g/mol. The highest BCUT2D eigenvalue weighted by atomic mass is 16.5. The molecule has 0 bridgehead atoms. The molecule has 3 heterocycles. The van der Waals surface area contributed by atoms with Crippen molar-refractivity contribution in [2.75, 3.05) is 72.1 Å². The van der Waals surface area contributed by atoms with E-state index in [0.717, 1.165) is 71.5 Å². The molecule has 3 aliphatic rings. The van der Waals surface area contributed by atoms with Gasteiger partial charge in [-0.3, -0.25) is 14.7 Å². The second-order valence-corrected chi connectivity index (χ2v) is 9.48. The molecule has 0 aromatic carbocycles. The molecule has 3 aliphatic heterocycles. The number of likely N-dealkylation sites (tertiary alicyclic amines) is 1. The van der Waals surface area contributed by atoms with Gasteiger partial charge in [0.1, 0.15) is 0 Å². The van der Waals surface area contributed by atoms with Gasteiger partial charge in [0, 0.05) is 51.2 Å². The first kappa shape index (κ1) is 21.4. The minimum Gasteiger partial charge on any atom is -0.380 e. The predicted molar refractivity (Wildman–Crippen MR) is 112 cm³/mol. The molecule has 0 spiro atoms. The molecule has 0 aromatic rings. The summed E-state index contributed by atoms with van der Waals surface area (Å²) in [5, 5.41) is 3.43. The molecule has 0 saturated carbocycles. The maximum Gasteiger partial charge on any atom is 0.236 e. The largest absolute Gasteiger partial charge is 0.380 e. The number of piperazine rings is 1. The van der Waals surface area contributed by atoms with E-state index < -0.39 is 0 Å². The molecule has 7 heteroatoms. The lowest BCUT2D eigenvalue weighted by molar-refractivity contribution is -0.135. The fraction of sp³-hybridized carbons (Fsp3) is 0.905. The van der Waals surface area contributed by atoms with Crippen molar-refractivity contribution in [3.8, 4) is 0 Å². The second-order valence-electron chi connectivity index (χ2n) is 9.48. The fourth-order valence-corrected chi connectivity index (χ4v) is 4.51. The Labute approximate surface area is 170 Å². The van der Waals surface area contributed by atoms with Crippen LogP contribution in [0.15, 0.2) is 4.99 Å². The molecule has 3 saturated heterocycles. The van der Waals surface area contributed by atoms with Gasteiger partial charge in [-0.2, -0.15) is 0 Å². The van der Waals surface area contributed by atoms with Gasteiger partial charge in [-0.05, 0) is 25.2 Å². The summed E-state index contributed by atoms with van der Waals surface area (Å²) in [4.78, 5) is 24.3. The van der Waals surface area contributed by atoms with Crippen molar-refractivity contribution in [3.05, 3.63) is 0 Å². The van der Waals surface area contributed by atoms with Gasteiger partial charge < -0.3 is 19.9 Å². The first-order chi connectivity index (χ1) is 13.4. The van der Waals surface area contributed by atoms with Gasteiger partial charge in [0.2, 0.25) is 5.91 Å². The number of nitrogens with zero attached hydrogens (tertiary/aromatic N) is 4. The molecule has 0 radical (unpaired) electrons. The number of amides is 1. The zero-order chi connectivity index (χ0) is 20.1. The molecule has 1 N–H and O–H groups in total. The quantitative estimate of drug-likeness (QED) is 0.560. The van der Waals surface area contributed by atoms with Crippen molar-refractivity contribution in [1.29, 1.82) is 0 Å². The van der Waals surface area contributed by atoms with Crippen LogP contribution < -0.4 is 5.32 Å². The summed E-state index contributed by atoms with van der Waals surface area (Å²) in [5.74, 6) is 2.53. The van der Waals surface area contributed by atoms with Crippen molar-refractivity contribution in [3.63, 3.8) is 0 Å². The predicted octanol–water partition coefficient (Wildman–Crippen LogP) is 1.11. The smallest absolute Gasteiger partial charge is 0.236 e. The highest BCUT2D eigenvalue weighted by Crippen LogP contribution is 2.26. The first-order valence-electron chi connectivity index (χ1n) is 11.0. The summed E-state index contributed by atoms with van der Waals surface area (Å²) in [7, 11) is 0. The maximum absolute atomic E-state index is 12.8. The fourth-order valence-electron chi connectivity index (χ4n) is 4.51. The van der Waals surface area contributed by atoms with E-state index in [1.54, 1.807) is 0 Å². The number of hydrogen-bond donors (Lipinski definition) is 1. The third-order valence-corrected chi connectivity index (χ3v) is 6.10. The SMILES string of the molecule is CCNC(=NCC1(C)COC1)N1CCN(CC(=O)N2CC(C)CC(C)C2)CC1. The van der Waals surface area contributed by atoms with Crippen molar-refractivity contribution in [2.24, 2.45) is 22.2 Å². The van der Waals surface area contributed by atoms with E-state index in [1.807, 2.05) is 0 Å². The van der Waals surface area contributed by atoms with Crippen LogP contribution in [0.1, 0.15) is 34.1 Å². The van der Waals surface area contributed by atoms with E-state index in [0.29, 0.717) is 24.3 Å². The third kappa shape index (κ3) is 5.60. The van der Waals surface area contributed by atoms with Crippen molar-refractivity contribution >= 4 is 11.9 Å². The molecule has 3 rings (SSSR count). The summed E-state index contributed by atoms with van der Waals surface area (Å²) >= 11 is 0.